The average Bonchev–Trinajstić information content (AvgIpc) is 3.53. The molecule has 0 saturated carbocycles. The Bertz CT molecular complexity index is 1180. The molecule has 3 aromatic rings. The molecule has 0 unspecified atom stereocenters. The van der Waals surface area contributed by atoms with E-state index in [2.05, 4.69) is 27.8 Å². The minimum absolute atomic E-state index is 0.00765. The highest BCUT2D eigenvalue weighted by atomic mass is 32.1. The van der Waals surface area contributed by atoms with Crippen molar-refractivity contribution in [2.24, 2.45) is 0 Å². The molecular weight excluding hydrogens is 438 g/mol. The van der Waals surface area contributed by atoms with E-state index in [0.29, 0.717) is 22.2 Å². The lowest BCUT2D eigenvalue weighted by atomic mass is 10.0. The molecule has 0 spiro atoms. The summed E-state index contributed by atoms with van der Waals surface area (Å²) < 4.78 is 10.6. The maximum absolute atomic E-state index is 12.9. The van der Waals surface area contributed by atoms with Gasteiger partial charge in [-0.1, -0.05) is 30.3 Å². The number of carbonyl (C=O) groups excluding carboxylic acids is 2. The number of benzene rings is 2. The van der Waals surface area contributed by atoms with Gasteiger partial charge in [-0.3, -0.25) is 14.9 Å². The monoisotopic (exact) mass is 463 g/mol. The number of aromatic nitrogens is 1. The molecule has 7 nitrogen and oxygen atoms in total. The molecule has 0 bridgehead atoms. The predicted octanol–water partition coefficient (Wildman–Crippen LogP) is 4.29. The van der Waals surface area contributed by atoms with Gasteiger partial charge in [0, 0.05) is 16.5 Å². The summed E-state index contributed by atoms with van der Waals surface area (Å²) in [6.45, 7) is 2.20. The summed E-state index contributed by atoms with van der Waals surface area (Å²) in [5.74, 6) is 0.658. The zero-order valence-corrected chi connectivity index (χ0v) is 19.1. The molecule has 0 fully saturated rings. The van der Waals surface area contributed by atoms with Gasteiger partial charge in [-0.25, -0.2) is 4.98 Å². The molecule has 170 valence electrons. The number of carbonyl (C=O) groups is 2. The Morgan fingerprint density at radius 1 is 1.15 bits per heavy atom. The summed E-state index contributed by atoms with van der Waals surface area (Å²) in [5.41, 5.74) is 2.52. The largest absolute Gasteiger partial charge is 0.454 e. The third kappa shape index (κ3) is 4.71. The van der Waals surface area contributed by atoms with Crippen molar-refractivity contribution in [2.45, 2.75) is 44.6 Å². The van der Waals surface area contributed by atoms with Crippen LogP contribution in [0.5, 0.6) is 11.5 Å². The second-order valence-electron chi connectivity index (χ2n) is 8.37. The molecule has 0 radical (unpaired) electrons. The first-order valence-electron chi connectivity index (χ1n) is 11.1. The second-order valence-corrected chi connectivity index (χ2v) is 9.46. The Kier molecular flexibility index (Phi) is 6.00. The highest BCUT2D eigenvalue weighted by molar-refractivity contribution is 7.16. The van der Waals surface area contributed by atoms with Gasteiger partial charge in [0.2, 0.25) is 12.7 Å². The van der Waals surface area contributed by atoms with Crippen molar-refractivity contribution in [3.8, 4) is 11.5 Å². The van der Waals surface area contributed by atoms with E-state index in [0.717, 1.165) is 36.3 Å². The van der Waals surface area contributed by atoms with Crippen LogP contribution in [0.25, 0.3) is 0 Å². The molecule has 0 saturated heterocycles. The number of nitrogens with zero attached hydrogens (tertiary/aromatic N) is 1. The molecule has 2 aromatic carbocycles. The first-order valence-corrected chi connectivity index (χ1v) is 11.9. The number of hydrogen-bond donors (Lipinski definition) is 2. The molecule has 33 heavy (non-hydrogen) atoms. The molecule has 2 N–H and O–H groups in total. The van der Waals surface area contributed by atoms with Gasteiger partial charge in [-0.2, -0.15) is 0 Å². The summed E-state index contributed by atoms with van der Waals surface area (Å²) in [6.07, 6.45) is 3.35. The average molecular weight is 464 g/mol. The van der Waals surface area contributed by atoms with Crippen LogP contribution in [0.3, 0.4) is 0 Å². The number of rotatable bonds is 7. The Hall–Kier alpha value is -3.39. The predicted molar refractivity (Wildman–Crippen MR) is 126 cm³/mol. The summed E-state index contributed by atoms with van der Waals surface area (Å²) >= 11 is 1.44. The number of aryl methyl sites for hydroxylation is 2. The van der Waals surface area contributed by atoms with Gasteiger partial charge < -0.3 is 14.8 Å². The van der Waals surface area contributed by atoms with E-state index < -0.39 is 0 Å². The van der Waals surface area contributed by atoms with Crippen molar-refractivity contribution in [2.75, 3.05) is 12.1 Å². The van der Waals surface area contributed by atoms with Crippen LogP contribution in [0, 0.1) is 0 Å². The standard InChI is InChI=1S/C25H25N3O4S/c1-15(7-8-16-5-3-2-4-6-16)26-24(30)18-10-12-21-22(18)27-25(33-21)28-23(29)17-9-11-19-20(13-17)32-14-31-19/h2-6,9,11,13,15,18H,7-8,10,12,14H2,1H3,(H,26,30)(H,27,28,29)/t15-,18+/m0/s1. The maximum atomic E-state index is 12.9. The molecule has 5 rings (SSSR count). The minimum atomic E-state index is -0.272. The normalized spacial score (nSPS) is 16.8. The topological polar surface area (TPSA) is 89.6 Å². The van der Waals surface area contributed by atoms with E-state index in [4.69, 9.17) is 9.47 Å². The van der Waals surface area contributed by atoms with E-state index in [-0.39, 0.29) is 30.6 Å². The number of fused-ring (bicyclic) bond motifs is 2. The van der Waals surface area contributed by atoms with Crippen molar-refractivity contribution in [1.82, 2.24) is 10.3 Å². The molecule has 2 amide bonds. The van der Waals surface area contributed by atoms with Crippen molar-refractivity contribution < 1.29 is 19.1 Å². The second kappa shape index (κ2) is 9.23. The quantitative estimate of drug-likeness (QED) is 0.546. The maximum Gasteiger partial charge on any atom is 0.257 e. The van der Waals surface area contributed by atoms with E-state index in [9.17, 15) is 9.59 Å². The van der Waals surface area contributed by atoms with Crippen molar-refractivity contribution in [3.05, 3.63) is 70.2 Å². The van der Waals surface area contributed by atoms with E-state index in [1.165, 1.54) is 16.9 Å². The third-order valence-corrected chi connectivity index (χ3v) is 7.03. The SMILES string of the molecule is C[C@@H](CCc1ccccc1)NC(=O)[C@@H]1CCc2sc(NC(=O)c3ccc4c(c3)OCO4)nc21. The van der Waals surface area contributed by atoms with Crippen LogP contribution in [0.2, 0.25) is 0 Å². The molecule has 1 aliphatic carbocycles. The van der Waals surface area contributed by atoms with Gasteiger partial charge in [0.15, 0.2) is 16.6 Å². The summed E-state index contributed by atoms with van der Waals surface area (Å²) in [6, 6.07) is 15.4. The van der Waals surface area contributed by atoms with Crippen LogP contribution in [-0.4, -0.2) is 29.6 Å². The molecule has 1 aliphatic heterocycles. The molecule has 2 aliphatic rings. The Balaban J connectivity index is 1.19. The van der Waals surface area contributed by atoms with E-state index >= 15 is 0 Å². The smallest absolute Gasteiger partial charge is 0.257 e. The number of hydrogen-bond acceptors (Lipinski definition) is 6. The summed E-state index contributed by atoms with van der Waals surface area (Å²) in [5, 5.41) is 6.51. The lowest BCUT2D eigenvalue weighted by Crippen LogP contribution is -2.36. The number of anilines is 1. The zero-order chi connectivity index (χ0) is 22.8. The van der Waals surface area contributed by atoms with Gasteiger partial charge in [0.1, 0.15) is 0 Å². The minimum Gasteiger partial charge on any atom is -0.454 e. The highest BCUT2D eigenvalue weighted by Crippen LogP contribution is 2.39. The van der Waals surface area contributed by atoms with Crippen LogP contribution >= 0.6 is 11.3 Å². The van der Waals surface area contributed by atoms with Crippen molar-refractivity contribution >= 4 is 28.3 Å². The lowest BCUT2D eigenvalue weighted by Gasteiger charge is -2.17. The van der Waals surface area contributed by atoms with Gasteiger partial charge in [-0.05, 0) is 56.4 Å². The van der Waals surface area contributed by atoms with Crippen LogP contribution < -0.4 is 20.1 Å². The summed E-state index contributed by atoms with van der Waals surface area (Å²) in [7, 11) is 0. The molecule has 2 atom stereocenters. The van der Waals surface area contributed by atoms with Gasteiger partial charge in [-0.15, -0.1) is 11.3 Å². The third-order valence-electron chi connectivity index (χ3n) is 5.99. The van der Waals surface area contributed by atoms with Gasteiger partial charge >= 0.3 is 0 Å². The van der Waals surface area contributed by atoms with Gasteiger partial charge in [0.25, 0.3) is 5.91 Å². The van der Waals surface area contributed by atoms with Crippen LogP contribution in [0.4, 0.5) is 5.13 Å². The van der Waals surface area contributed by atoms with Crippen molar-refractivity contribution in [1.29, 1.82) is 0 Å². The first kappa shape index (κ1) is 21.5. The highest BCUT2D eigenvalue weighted by Gasteiger charge is 2.33. The Labute approximate surface area is 196 Å². The van der Waals surface area contributed by atoms with Crippen molar-refractivity contribution in [3.63, 3.8) is 0 Å². The van der Waals surface area contributed by atoms with E-state index in [1.807, 2.05) is 25.1 Å². The number of thiazole rings is 1. The Morgan fingerprint density at radius 3 is 2.82 bits per heavy atom. The van der Waals surface area contributed by atoms with Crippen LogP contribution in [0.1, 0.15) is 52.2 Å². The molecular formula is C25H25N3O4S. The molecule has 8 heteroatoms. The lowest BCUT2D eigenvalue weighted by molar-refractivity contribution is -0.123. The number of amides is 2. The zero-order valence-electron chi connectivity index (χ0n) is 18.3. The molecule has 2 heterocycles. The fraction of sp³-hybridized carbons (Fsp3) is 0.320. The number of ether oxygens (including phenoxy) is 2. The van der Waals surface area contributed by atoms with Crippen LogP contribution in [-0.2, 0) is 17.6 Å². The van der Waals surface area contributed by atoms with Crippen LogP contribution in [0.15, 0.2) is 48.5 Å². The van der Waals surface area contributed by atoms with Gasteiger partial charge in [0.05, 0.1) is 11.6 Å². The first-order chi connectivity index (χ1) is 16.1. The Morgan fingerprint density at radius 2 is 1.97 bits per heavy atom. The summed E-state index contributed by atoms with van der Waals surface area (Å²) in [4.78, 5) is 31.3. The molecule has 1 aromatic heterocycles. The fourth-order valence-corrected chi connectivity index (χ4v) is 5.22. The van der Waals surface area contributed by atoms with E-state index in [1.54, 1.807) is 18.2 Å². The number of nitrogens with one attached hydrogen (secondary N) is 2. The fourth-order valence-electron chi connectivity index (χ4n) is 4.19.